The lowest BCUT2D eigenvalue weighted by Gasteiger charge is -2.31. The minimum Gasteiger partial charge on any atom is -0.356 e. The predicted molar refractivity (Wildman–Crippen MR) is 113 cm³/mol. The number of nitrogens with zero attached hydrogens (tertiary/aromatic N) is 1. The zero-order valence-electron chi connectivity index (χ0n) is 17.3. The van der Waals surface area contributed by atoms with E-state index in [1.807, 2.05) is 0 Å². The Morgan fingerprint density at radius 1 is 1.07 bits per heavy atom. The number of hydrogen-bond acceptors (Lipinski definition) is 4. The molecular formula is C22H31FN2O4S. The van der Waals surface area contributed by atoms with Gasteiger partial charge in [0.25, 0.3) is 0 Å². The number of carbonyl (C=O) groups excluding carboxylic acids is 2. The maximum absolute atomic E-state index is 13.6. The van der Waals surface area contributed by atoms with Crippen LogP contribution in [-0.4, -0.2) is 55.8 Å². The Morgan fingerprint density at radius 2 is 1.73 bits per heavy atom. The second-order valence-corrected chi connectivity index (χ2v) is 10.7. The summed E-state index contributed by atoms with van der Waals surface area (Å²) in [5.41, 5.74) is 0.575. The molecule has 3 rings (SSSR count). The molecule has 1 aliphatic carbocycles. The largest absolute Gasteiger partial charge is 0.356 e. The number of benzene rings is 1. The quantitative estimate of drug-likeness (QED) is 0.676. The van der Waals surface area contributed by atoms with Crippen LogP contribution < -0.4 is 5.32 Å². The van der Waals surface area contributed by atoms with Gasteiger partial charge in [0, 0.05) is 32.0 Å². The Bertz CT molecular complexity index is 844. The van der Waals surface area contributed by atoms with Crippen LogP contribution in [0.1, 0.15) is 50.5 Å². The van der Waals surface area contributed by atoms with Crippen molar-refractivity contribution in [2.45, 2.75) is 56.6 Å². The highest BCUT2D eigenvalue weighted by atomic mass is 32.2. The lowest BCUT2D eigenvalue weighted by molar-refractivity contribution is -0.135. The molecule has 2 fully saturated rings. The maximum atomic E-state index is 13.6. The smallest absolute Gasteiger partial charge is 0.223 e. The summed E-state index contributed by atoms with van der Waals surface area (Å²) in [6.07, 6.45) is 4.92. The van der Waals surface area contributed by atoms with Crippen LogP contribution >= 0.6 is 0 Å². The molecule has 1 saturated heterocycles. The SMILES string of the molecule is O=C(NCCc1ccccc1F)C1CCN(C(=O)CCS(=O)(=O)C2CCCC2)CC1. The van der Waals surface area contributed by atoms with Crippen LogP contribution in [0.15, 0.2) is 24.3 Å². The number of halogens is 1. The molecule has 0 unspecified atom stereocenters. The molecule has 0 radical (unpaired) electrons. The zero-order chi connectivity index (χ0) is 21.6. The first-order chi connectivity index (χ1) is 14.4. The molecule has 30 heavy (non-hydrogen) atoms. The first-order valence-electron chi connectivity index (χ1n) is 10.9. The van der Waals surface area contributed by atoms with Crippen molar-refractivity contribution in [2.75, 3.05) is 25.4 Å². The van der Waals surface area contributed by atoms with E-state index in [0.717, 1.165) is 12.8 Å². The Labute approximate surface area is 178 Å². The highest BCUT2D eigenvalue weighted by molar-refractivity contribution is 7.92. The van der Waals surface area contributed by atoms with Gasteiger partial charge < -0.3 is 10.2 Å². The fourth-order valence-corrected chi connectivity index (χ4v) is 6.20. The highest BCUT2D eigenvalue weighted by Crippen LogP contribution is 2.26. The summed E-state index contributed by atoms with van der Waals surface area (Å²) >= 11 is 0. The first kappa shape index (κ1) is 22.7. The molecule has 1 heterocycles. The van der Waals surface area contributed by atoms with Crippen molar-refractivity contribution in [3.05, 3.63) is 35.6 Å². The van der Waals surface area contributed by atoms with Crippen molar-refractivity contribution < 1.29 is 22.4 Å². The van der Waals surface area contributed by atoms with Gasteiger partial charge in [0.2, 0.25) is 11.8 Å². The average Bonchev–Trinajstić information content (AvgIpc) is 3.29. The van der Waals surface area contributed by atoms with Crippen molar-refractivity contribution >= 4 is 21.7 Å². The van der Waals surface area contributed by atoms with Crippen LogP contribution in [-0.2, 0) is 25.8 Å². The van der Waals surface area contributed by atoms with E-state index in [0.29, 0.717) is 57.3 Å². The van der Waals surface area contributed by atoms with Gasteiger partial charge in [0.05, 0.1) is 11.0 Å². The molecule has 1 aliphatic heterocycles. The summed E-state index contributed by atoms with van der Waals surface area (Å²) in [4.78, 5) is 26.5. The van der Waals surface area contributed by atoms with Gasteiger partial charge in [-0.1, -0.05) is 31.0 Å². The Hall–Kier alpha value is -1.96. The van der Waals surface area contributed by atoms with Gasteiger partial charge in [-0.2, -0.15) is 0 Å². The Kier molecular flexibility index (Phi) is 7.86. The number of piperidine rings is 1. The summed E-state index contributed by atoms with van der Waals surface area (Å²) in [7, 11) is -3.19. The van der Waals surface area contributed by atoms with Crippen LogP contribution in [0.2, 0.25) is 0 Å². The van der Waals surface area contributed by atoms with E-state index in [-0.39, 0.29) is 41.0 Å². The Morgan fingerprint density at radius 3 is 2.40 bits per heavy atom. The molecule has 1 aromatic rings. The molecule has 2 amide bonds. The van der Waals surface area contributed by atoms with E-state index in [1.165, 1.54) is 6.07 Å². The number of sulfone groups is 1. The summed E-state index contributed by atoms with van der Waals surface area (Å²) in [6, 6.07) is 6.52. The number of likely N-dealkylation sites (tertiary alicyclic amines) is 1. The minimum absolute atomic E-state index is 0.0261. The van der Waals surface area contributed by atoms with Gasteiger partial charge in [-0.05, 0) is 43.7 Å². The van der Waals surface area contributed by atoms with Gasteiger partial charge in [-0.3, -0.25) is 9.59 Å². The molecule has 0 atom stereocenters. The number of nitrogens with one attached hydrogen (secondary N) is 1. The lowest BCUT2D eigenvalue weighted by atomic mass is 9.95. The van der Waals surface area contributed by atoms with E-state index >= 15 is 0 Å². The van der Waals surface area contributed by atoms with Crippen LogP contribution in [0.3, 0.4) is 0 Å². The number of hydrogen-bond donors (Lipinski definition) is 1. The third-order valence-corrected chi connectivity index (χ3v) is 8.54. The predicted octanol–water partition coefficient (Wildman–Crippen LogP) is 2.47. The molecule has 2 aliphatic rings. The lowest BCUT2D eigenvalue weighted by Crippen LogP contribution is -2.43. The molecule has 6 nitrogen and oxygen atoms in total. The molecule has 0 bridgehead atoms. The van der Waals surface area contributed by atoms with Gasteiger partial charge in [0.15, 0.2) is 9.84 Å². The third-order valence-electron chi connectivity index (χ3n) is 6.28. The van der Waals surface area contributed by atoms with Crippen molar-refractivity contribution in [3.8, 4) is 0 Å². The molecule has 8 heteroatoms. The molecule has 1 saturated carbocycles. The van der Waals surface area contributed by atoms with Gasteiger partial charge in [-0.15, -0.1) is 0 Å². The first-order valence-corrected chi connectivity index (χ1v) is 12.6. The Balaban J connectivity index is 1.37. The van der Waals surface area contributed by atoms with Crippen LogP contribution in [0.4, 0.5) is 4.39 Å². The maximum Gasteiger partial charge on any atom is 0.223 e. The van der Waals surface area contributed by atoms with Crippen LogP contribution in [0.25, 0.3) is 0 Å². The van der Waals surface area contributed by atoms with E-state index in [2.05, 4.69) is 5.32 Å². The fourth-order valence-electron chi connectivity index (χ4n) is 4.36. The van der Waals surface area contributed by atoms with E-state index in [4.69, 9.17) is 0 Å². The summed E-state index contributed by atoms with van der Waals surface area (Å²) in [5, 5.41) is 2.59. The second-order valence-electron chi connectivity index (χ2n) is 8.31. The molecular weight excluding hydrogens is 407 g/mol. The zero-order valence-corrected chi connectivity index (χ0v) is 18.1. The van der Waals surface area contributed by atoms with E-state index in [1.54, 1.807) is 23.1 Å². The van der Waals surface area contributed by atoms with Gasteiger partial charge >= 0.3 is 0 Å². The van der Waals surface area contributed by atoms with Crippen molar-refractivity contribution in [1.82, 2.24) is 10.2 Å². The number of carbonyl (C=O) groups is 2. The third kappa shape index (κ3) is 6.03. The molecule has 166 valence electrons. The normalized spacial score (nSPS) is 18.5. The van der Waals surface area contributed by atoms with E-state index in [9.17, 15) is 22.4 Å². The molecule has 0 aromatic heterocycles. The van der Waals surface area contributed by atoms with Crippen LogP contribution in [0, 0.1) is 11.7 Å². The van der Waals surface area contributed by atoms with Gasteiger partial charge in [-0.25, -0.2) is 12.8 Å². The number of rotatable bonds is 8. The number of amides is 2. The standard InChI is InChI=1S/C22H31FN2O4S/c23-20-8-4-1-5-17(20)9-13-24-22(27)18-10-14-25(15-11-18)21(26)12-16-30(28,29)19-6-2-3-7-19/h1,4-5,8,18-19H,2-3,6-7,9-16H2,(H,24,27). The topological polar surface area (TPSA) is 83.6 Å². The molecule has 1 aromatic carbocycles. The molecule has 1 N–H and O–H groups in total. The summed E-state index contributed by atoms with van der Waals surface area (Å²) in [6.45, 7) is 1.30. The van der Waals surface area contributed by atoms with Crippen molar-refractivity contribution in [3.63, 3.8) is 0 Å². The van der Waals surface area contributed by atoms with Gasteiger partial charge in [0.1, 0.15) is 5.82 Å². The van der Waals surface area contributed by atoms with Crippen molar-refractivity contribution in [1.29, 1.82) is 0 Å². The van der Waals surface area contributed by atoms with Crippen LogP contribution in [0.5, 0.6) is 0 Å². The second kappa shape index (κ2) is 10.4. The summed E-state index contributed by atoms with van der Waals surface area (Å²) in [5.74, 6) is -0.727. The monoisotopic (exact) mass is 438 g/mol. The molecule has 0 spiro atoms. The highest BCUT2D eigenvalue weighted by Gasteiger charge is 2.31. The summed E-state index contributed by atoms with van der Waals surface area (Å²) < 4.78 is 38.3. The van der Waals surface area contributed by atoms with E-state index < -0.39 is 9.84 Å². The fraction of sp³-hybridized carbons (Fsp3) is 0.636. The van der Waals surface area contributed by atoms with Crippen molar-refractivity contribution in [2.24, 2.45) is 5.92 Å². The minimum atomic E-state index is -3.19. The average molecular weight is 439 g/mol.